The molecule has 4 atom stereocenters. The summed E-state index contributed by atoms with van der Waals surface area (Å²) in [5, 5.41) is 57.6. The zero-order chi connectivity index (χ0) is 46.8. The fourth-order valence-corrected chi connectivity index (χ4v) is 6.94. The van der Waals surface area contributed by atoms with Gasteiger partial charge in [0.25, 0.3) is 11.8 Å². The predicted octanol–water partition coefficient (Wildman–Crippen LogP) is 4.75. The number of hydrogen-bond acceptors (Lipinski definition) is 14. The lowest BCUT2D eigenvalue weighted by molar-refractivity contribution is -0.0473. The largest absolute Gasteiger partial charge is 0.508 e. The van der Waals surface area contributed by atoms with E-state index >= 15 is 0 Å². The number of rotatable bonds is 26. The van der Waals surface area contributed by atoms with Gasteiger partial charge in [0.15, 0.2) is 0 Å². The van der Waals surface area contributed by atoms with E-state index in [-0.39, 0.29) is 73.6 Å². The van der Waals surface area contributed by atoms with Crippen LogP contribution in [0.15, 0.2) is 146 Å². The molecule has 16 nitrogen and oxygen atoms in total. The molecule has 4 unspecified atom stereocenters. The molecule has 0 saturated carbocycles. The van der Waals surface area contributed by atoms with Crippen molar-refractivity contribution in [2.24, 2.45) is 11.5 Å². The second-order valence-electron chi connectivity index (χ2n) is 15.3. The first-order chi connectivity index (χ1) is 31.9. The number of carbonyl (C=O) groups is 2. The molecule has 16 heteroatoms. The molecule has 2 amide bonds. The number of aliphatic hydroxyl groups excluding tert-OH is 2. The van der Waals surface area contributed by atoms with Crippen LogP contribution in [0.25, 0.3) is 0 Å². The van der Waals surface area contributed by atoms with Crippen LogP contribution in [0.3, 0.4) is 0 Å². The van der Waals surface area contributed by atoms with Gasteiger partial charge in [0.05, 0.1) is 17.2 Å². The third-order valence-corrected chi connectivity index (χ3v) is 10.3. The minimum atomic E-state index is -1.32. The Morgan fingerprint density at radius 2 is 1.09 bits per heavy atom. The quantitative estimate of drug-likeness (QED) is 0.0343. The molecule has 10 N–H and O–H groups in total. The minimum absolute atomic E-state index is 0.00687. The van der Waals surface area contributed by atoms with E-state index in [0.717, 1.165) is 11.1 Å². The maximum absolute atomic E-state index is 12.4. The van der Waals surface area contributed by atoms with Gasteiger partial charge in [0.2, 0.25) is 0 Å². The third-order valence-electron chi connectivity index (χ3n) is 10.3. The maximum Gasteiger partial charge on any atom is 0.252 e. The van der Waals surface area contributed by atoms with Gasteiger partial charge in [-0.1, -0.05) is 60.7 Å². The molecule has 6 rings (SSSR count). The summed E-state index contributed by atoms with van der Waals surface area (Å²) in [6, 6.07) is 39.5. The number of hydrogen-bond donors (Lipinski definition) is 8. The number of carbonyl (C=O) groups excluding carboxylic acids is 2. The van der Waals surface area contributed by atoms with Crippen LogP contribution in [-0.4, -0.2) is 106 Å². The number of primary amides is 2. The summed E-state index contributed by atoms with van der Waals surface area (Å²) < 4.78 is 30.5. The van der Waals surface area contributed by atoms with E-state index in [2.05, 4.69) is 5.32 Å². The summed E-state index contributed by atoms with van der Waals surface area (Å²) in [4.78, 5) is 25.7. The molecule has 0 bridgehead atoms. The van der Waals surface area contributed by atoms with Crippen LogP contribution in [0.1, 0.15) is 31.8 Å². The molecule has 0 aliphatic carbocycles. The molecule has 6 aromatic carbocycles. The molecule has 0 radical (unpaired) electrons. The van der Waals surface area contributed by atoms with Crippen LogP contribution < -0.4 is 40.5 Å². The van der Waals surface area contributed by atoms with Crippen molar-refractivity contribution in [3.05, 3.63) is 168 Å². The molecule has 0 fully saturated rings. The number of phenols is 3. The second-order valence-corrected chi connectivity index (χ2v) is 15.3. The Balaban J connectivity index is 1.26. The van der Waals surface area contributed by atoms with Crippen LogP contribution in [0.2, 0.25) is 0 Å². The zero-order valence-electron chi connectivity index (χ0n) is 36.0. The predicted molar refractivity (Wildman–Crippen MR) is 245 cm³/mol. The first kappa shape index (κ1) is 48.0. The lowest BCUT2D eigenvalue weighted by atomic mass is 9.98. The van der Waals surface area contributed by atoms with Crippen molar-refractivity contribution in [3.63, 3.8) is 0 Å². The van der Waals surface area contributed by atoms with Crippen molar-refractivity contribution < 1.29 is 58.8 Å². The number of nitrogens with zero attached hydrogens (tertiary/aromatic N) is 1. The molecule has 0 aliphatic heterocycles. The van der Waals surface area contributed by atoms with Gasteiger partial charge in [0.1, 0.15) is 90.7 Å². The lowest BCUT2D eigenvalue weighted by Crippen LogP contribution is -2.59. The van der Waals surface area contributed by atoms with E-state index in [9.17, 15) is 35.1 Å². The topological polar surface area (TPSA) is 249 Å². The molecule has 0 aliphatic rings. The van der Waals surface area contributed by atoms with Gasteiger partial charge in [-0.15, -0.1) is 0 Å². The summed E-state index contributed by atoms with van der Waals surface area (Å²) in [6.07, 6.45) is -3.78. The van der Waals surface area contributed by atoms with E-state index < -0.39 is 36.2 Å². The molecular weight excluding hydrogens is 849 g/mol. The molecule has 6 aromatic rings. The highest BCUT2D eigenvalue weighted by atomic mass is 16.5. The Labute approximate surface area is 382 Å². The highest BCUT2D eigenvalue weighted by molar-refractivity contribution is 5.96. The van der Waals surface area contributed by atoms with Crippen molar-refractivity contribution in [1.29, 1.82) is 0 Å². The summed E-state index contributed by atoms with van der Waals surface area (Å²) >= 11 is 0. The average Bonchev–Trinajstić information content (AvgIpc) is 3.32. The van der Waals surface area contributed by atoms with Crippen LogP contribution in [-0.2, 0) is 13.2 Å². The minimum Gasteiger partial charge on any atom is -0.508 e. The van der Waals surface area contributed by atoms with Gasteiger partial charge in [-0.3, -0.25) is 14.5 Å². The first-order valence-corrected chi connectivity index (χ1v) is 21.1. The van der Waals surface area contributed by atoms with Crippen molar-refractivity contribution in [3.8, 4) is 46.0 Å². The number of benzene rings is 6. The molecule has 0 saturated heterocycles. The van der Waals surface area contributed by atoms with E-state index in [0.29, 0.717) is 36.1 Å². The lowest BCUT2D eigenvalue weighted by Gasteiger charge is -2.37. The molecule has 0 spiro atoms. The molecule has 0 aromatic heterocycles. The van der Waals surface area contributed by atoms with Crippen LogP contribution in [0.4, 0.5) is 0 Å². The Morgan fingerprint density at radius 1 is 0.576 bits per heavy atom. The average molecular weight is 903 g/mol. The smallest absolute Gasteiger partial charge is 0.252 e. The Kier molecular flexibility index (Phi) is 17.4. The fourth-order valence-electron chi connectivity index (χ4n) is 6.94. The standard InChI is InChI=1S/C50H54N4O12/c51-49(60)41-27-39(19-21-43(41)56)62-25-23-53-47(46(59)32-65-36-13-11-35(55)12-14-36)48(66-38-17-15-37(16-18-38)64-31-34-9-5-2-6-10-34)45(58)30-54(29-33-7-3-1-4-8-33)24-26-63-40-20-22-44(57)42(28-40)50(52)61/h1-22,27-28,45-48,53,55-59H,23-26,29-32H2,(H2,51,60)(H2,52,61). The Hall–Kier alpha value is -7.50. The van der Waals surface area contributed by atoms with Gasteiger partial charge in [-0.2, -0.15) is 0 Å². The number of phenolic OH excluding ortho intramolecular Hbond substituents is 1. The van der Waals surface area contributed by atoms with Crippen LogP contribution in [0.5, 0.6) is 46.0 Å². The summed E-state index contributed by atoms with van der Waals surface area (Å²) in [6.45, 7) is 0.949. The van der Waals surface area contributed by atoms with Gasteiger partial charge in [0, 0.05) is 26.2 Å². The zero-order valence-corrected chi connectivity index (χ0v) is 36.0. The van der Waals surface area contributed by atoms with E-state index in [1.54, 1.807) is 36.4 Å². The van der Waals surface area contributed by atoms with Crippen molar-refractivity contribution in [2.45, 2.75) is 37.5 Å². The first-order valence-electron chi connectivity index (χ1n) is 21.1. The van der Waals surface area contributed by atoms with Crippen molar-refractivity contribution >= 4 is 11.8 Å². The van der Waals surface area contributed by atoms with Crippen molar-refractivity contribution in [2.75, 3.05) is 39.5 Å². The number of aliphatic hydroxyl groups is 2. The number of aromatic hydroxyl groups is 3. The molecule has 0 heterocycles. The van der Waals surface area contributed by atoms with Gasteiger partial charge < -0.3 is 66.0 Å². The molecular formula is C50H54N4O12. The van der Waals surface area contributed by atoms with Crippen LogP contribution >= 0.6 is 0 Å². The molecule has 66 heavy (non-hydrogen) atoms. The van der Waals surface area contributed by atoms with Crippen molar-refractivity contribution in [1.82, 2.24) is 10.2 Å². The summed E-state index contributed by atoms with van der Waals surface area (Å²) in [5.74, 6) is -0.283. The Bertz CT molecular complexity index is 2440. The maximum atomic E-state index is 12.4. The normalized spacial score (nSPS) is 13.0. The van der Waals surface area contributed by atoms with Gasteiger partial charge in [-0.25, -0.2) is 0 Å². The number of amides is 2. The fraction of sp³-hybridized carbons (Fsp3) is 0.240. The second kappa shape index (κ2) is 24.0. The van der Waals surface area contributed by atoms with Gasteiger partial charge >= 0.3 is 0 Å². The highest BCUT2D eigenvalue weighted by Crippen LogP contribution is 2.26. The Morgan fingerprint density at radius 3 is 1.68 bits per heavy atom. The van der Waals surface area contributed by atoms with E-state index in [1.807, 2.05) is 65.6 Å². The summed E-state index contributed by atoms with van der Waals surface area (Å²) in [5.41, 5.74) is 12.6. The number of nitrogens with one attached hydrogen (secondary N) is 1. The molecule has 346 valence electrons. The van der Waals surface area contributed by atoms with E-state index in [4.69, 9.17) is 35.2 Å². The monoisotopic (exact) mass is 902 g/mol. The number of nitrogens with two attached hydrogens (primary N) is 2. The highest BCUT2D eigenvalue weighted by Gasteiger charge is 2.37. The summed E-state index contributed by atoms with van der Waals surface area (Å²) in [7, 11) is 0. The number of ether oxygens (including phenoxy) is 5. The van der Waals surface area contributed by atoms with Crippen LogP contribution in [0, 0.1) is 0 Å². The SMILES string of the molecule is NC(=O)c1cc(OCCNC(C(O)COc2ccc(O)cc2)C(Oc2ccc(OCc3ccccc3)cc2)C(O)CN(CCOc2ccc(O)c(C(N)=O)c2)Cc2ccccc2)ccc1O. The van der Waals surface area contributed by atoms with E-state index in [1.165, 1.54) is 48.5 Å². The van der Waals surface area contributed by atoms with Gasteiger partial charge in [-0.05, 0) is 96.1 Å². The third kappa shape index (κ3) is 14.5.